The second-order valence-corrected chi connectivity index (χ2v) is 6.40. The molecule has 0 aliphatic carbocycles. The number of amides is 1. The van der Waals surface area contributed by atoms with Crippen LogP contribution in [0.5, 0.6) is 0 Å². The zero-order valence-corrected chi connectivity index (χ0v) is 12.1. The van der Waals surface area contributed by atoms with Crippen LogP contribution >= 0.6 is 11.3 Å². The third-order valence-electron chi connectivity index (χ3n) is 4.39. The van der Waals surface area contributed by atoms with Gasteiger partial charge in [0.2, 0.25) is 5.91 Å². The topological polar surface area (TPSA) is 49.3 Å². The van der Waals surface area contributed by atoms with Crippen LogP contribution in [0.2, 0.25) is 0 Å². The SMILES string of the molecule is C[C@H]1C(=O)N2CCC[C@@H]2CN1c1ncnc2ccsc12. The van der Waals surface area contributed by atoms with Crippen molar-refractivity contribution in [1.82, 2.24) is 14.9 Å². The molecular formula is C14H16N4OS. The summed E-state index contributed by atoms with van der Waals surface area (Å²) < 4.78 is 1.08. The van der Waals surface area contributed by atoms with Gasteiger partial charge in [0.15, 0.2) is 5.82 Å². The summed E-state index contributed by atoms with van der Waals surface area (Å²) in [6.07, 6.45) is 3.82. The monoisotopic (exact) mass is 288 g/mol. The van der Waals surface area contributed by atoms with Crippen molar-refractivity contribution in [1.29, 1.82) is 0 Å². The molecule has 2 aromatic rings. The Hall–Kier alpha value is -1.69. The van der Waals surface area contributed by atoms with Crippen LogP contribution in [0.25, 0.3) is 10.2 Å². The van der Waals surface area contributed by atoms with Crippen molar-refractivity contribution in [2.75, 3.05) is 18.0 Å². The summed E-state index contributed by atoms with van der Waals surface area (Å²) in [5.74, 6) is 1.15. The molecule has 20 heavy (non-hydrogen) atoms. The lowest BCUT2D eigenvalue weighted by Gasteiger charge is -2.42. The lowest BCUT2D eigenvalue weighted by molar-refractivity contribution is -0.134. The Morgan fingerprint density at radius 3 is 3.15 bits per heavy atom. The van der Waals surface area contributed by atoms with Crippen molar-refractivity contribution >= 4 is 33.3 Å². The van der Waals surface area contributed by atoms with E-state index in [1.165, 1.54) is 0 Å². The van der Waals surface area contributed by atoms with Gasteiger partial charge < -0.3 is 9.80 Å². The van der Waals surface area contributed by atoms with Gasteiger partial charge in [-0.25, -0.2) is 9.97 Å². The number of rotatable bonds is 1. The number of carbonyl (C=O) groups excluding carboxylic acids is 1. The van der Waals surface area contributed by atoms with E-state index in [-0.39, 0.29) is 11.9 Å². The standard InChI is InChI=1S/C14H16N4OS/c1-9-14(19)17-5-2-3-10(17)7-18(9)13-12-11(4-6-20-12)15-8-16-13/h4,6,8-10H,2-3,5,7H2,1H3/t9-,10+/m0/s1. The van der Waals surface area contributed by atoms with Gasteiger partial charge in [0, 0.05) is 19.1 Å². The molecule has 0 unspecified atom stereocenters. The van der Waals surface area contributed by atoms with E-state index < -0.39 is 0 Å². The Morgan fingerprint density at radius 1 is 1.35 bits per heavy atom. The number of thiophene rings is 1. The van der Waals surface area contributed by atoms with E-state index >= 15 is 0 Å². The molecule has 104 valence electrons. The van der Waals surface area contributed by atoms with Gasteiger partial charge >= 0.3 is 0 Å². The van der Waals surface area contributed by atoms with Crippen LogP contribution in [0, 0.1) is 0 Å². The fourth-order valence-corrected chi connectivity index (χ4v) is 4.17. The third-order valence-corrected chi connectivity index (χ3v) is 5.29. The molecule has 2 aliphatic rings. The van der Waals surface area contributed by atoms with Crippen LogP contribution in [0.4, 0.5) is 5.82 Å². The summed E-state index contributed by atoms with van der Waals surface area (Å²) in [4.78, 5) is 25.5. The van der Waals surface area contributed by atoms with Crippen molar-refractivity contribution in [3.8, 4) is 0 Å². The predicted molar refractivity (Wildman–Crippen MR) is 79.0 cm³/mol. The van der Waals surface area contributed by atoms with E-state index in [1.54, 1.807) is 17.7 Å². The van der Waals surface area contributed by atoms with Crippen LogP contribution < -0.4 is 4.90 Å². The van der Waals surface area contributed by atoms with Crippen LogP contribution in [0.15, 0.2) is 17.8 Å². The number of aromatic nitrogens is 2. The summed E-state index contributed by atoms with van der Waals surface area (Å²) in [5.41, 5.74) is 0.966. The third kappa shape index (κ3) is 1.64. The molecule has 2 aromatic heterocycles. The van der Waals surface area contributed by atoms with E-state index in [2.05, 4.69) is 14.9 Å². The smallest absolute Gasteiger partial charge is 0.245 e. The largest absolute Gasteiger partial charge is 0.342 e. The number of nitrogens with zero attached hydrogens (tertiary/aromatic N) is 4. The van der Waals surface area contributed by atoms with E-state index in [9.17, 15) is 4.79 Å². The van der Waals surface area contributed by atoms with Gasteiger partial charge in [-0.3, -0.25) is 4.79 Å². The number of fused-ring (bicyclic) bond motifs is 2. The Bertz CT molecular complexity index is 670. The van der Waals surface area contributed by atoms with Gasteiger partial charge in [-0.15, -0.1) is 11.3 Å². The minimum atomic E-state index is -0.135. The minimum Gasteiger partial charge on any atom is -0.342 e. The fourth-order valence-electron chi connectivity index (χ4n) is 3.32. The maximum absolute atomic E-state index is 12.5. The average molecular weight is 288 g/mol. The van der Waals surface area contributed by atoms with Crippen LogP contribution in [0.3, 0.4) is 0 Å². The van der Waals surface area contributed by atoms with E-state index in [0.717, 1.165) is 42.0 Å². The van der Waals surface area contributed by atoms with Crippen molar-refractivity contribution in [2.45, 2.75) is 31.8 Å². The molecule has 0 spiro atoms. The fraction of sp³-hybridized carbons (Fsp3) is 0.500. The first-order valence-electron chi connectivity index (χ1n) is 7.01. The highest BCUT2D eigenvalue weighted by atomic mass is 32.1. The molecule has 2 fully saturated rings. The molecule has 2 saturated heterocycles. The Labute approximate surface area is 121 Å². The molecule has 0 bridgehead atoms. The Morgan fingerprint density at radius 2 is 2.25 bits per heavy atom. The molecule has 2 atom stereocenters. The number of carbonyl (C=O) groups is 1. The van der Waals surface area contributed by atoms with Gasteiger partial charge in [-0.1, -0.05) is 0 Å². The van der Waals surface area contributed by atoms with Gasteiger partial charge in [-0.2, -0.15) is 0 Å². The Balaban J connectivity index is 1.77. The van der Waals surface area contributed by atoms with Crippen molar-refractivity contribution < 1.29 is 4.79 Å². The molecule has 0 radical (unpaired) electrons. The quantitative estimate of drug-likeness (QED) is 0.804. The van der Waals surface area contributed by atoms with Crippen molar-refractivity contribution in [3.05, 3.63) is 17.8 Å². The molecule has 4 heterocycles. The average Bonchev–Trinajstić information content (AvgIpc) is 3.10. The molecule has 5 nitrogen and oxygen atoms in total. The second kappa shape index (κ2) is 4.41. The van der Waals surface area contributed by atoms with E-state index in [0.29, 0.717) is 6.04 Å². The van der Waals surface area contributed by atoms with Crippen LogP contribution in [-0.4, -0.2) is 45.9 Å². The molecule has 6 heteroatoms. The number of anilines is 1. The molecule has 2 aliphatic heterocycles. The number of piperazine rings is 1. The van der Waals surface area contributed by atoms with Crippen LogP contribution in [0.1, 0.15) is 19.8 Å². The Kier molecular flexibility index (Phi) is 2.66. The highest BCUT2D eigenvalue weighted by molar-refractivity contribution is 7.17. The molecule has 0 saturated carbocycles. The highest BCUT2D eigenvalue weighted by Crippen LogP contribution is 2.33. The summed E-state index contributed by atoms with van der Waals surface area (Å²) >= 11 is 1.64. The van der Waals surface area contributed by atoms with Gasteiger partial charge in [0.05, 0.1) is 10.2 Å². The number of hydrogen-bond donors (Lipinski definition) is 0. The normalized spacial score (nSPS) is 26.4. The number of hydrogen-bond acceptors (Lipinski definition) is 5. The zero-order valence-electron chi connectivity index (χ0n) is 11.3. The minimum absolute atomic E-state index is 0.135. The highest BCUT2D eigenvalue weighted by Gasteiger charge is 2.41. The van der Waals surface area contributed by atoms with Gasteiger partial charge in [0.25, 0.3) is 0 Å². The van der Waals surface area contributed by atoms with E-state index in [1.807, 2.05) is 23.3 Å². The van der Waals surface area contributed by atoms with Crippen molar-refractivity contribution in [2.24, 2.45) is 0 Å². The first-order chi connectivity index (χ1) is 9.75. The maximum Gasteiger partial charge on any atom is 0.245 e. The first kappa shape index (κ1) is 12.1. The lowest BCUT2D eigenvalue weighted by atomic mass is 10.1. The second-order valence-electron chi connectivity index (χ2n) is 5.49. The lowest BCUT2D eigenvalue weighted by Crippen LogP contribution is -2.59. The summed E-state index contributed by atoms with van der Waals surface area (Å²) in [6.45, 7) is 3.79. The van der Waals surface area contributed by atoms with Crippen LogP contribution in [-0.2, 0) is 4.79 Å². The predicted octanol–water partition coefficient (Wildman–Crippen LogP) is 1.89. The van der Waals surface area contributed by atoms with Gasteiger partial charge in [0.1, 0.15) is 12.4 Å². The molecule has 0 N–H and O–H groups in total. The summed E-state index contributed by atoms with van der Waals surface area (Å²) in [7, 11) is 0. The summed E-state index contributed by atoms with van der Waals surface area (Å²) in [6, 6.07) is 2.22. The molecular weight excluding hydrogens is 272 g/mol. The molecule has 1 amide bonds. The van der Waals surface area contributed by atoms with Gasteiger partial charge in [-0.05, 0) is 31.2 Å². The summed E-state index contributed by atoms with van der Waals surface area (Å²) in [5, 5.41) is 2.03. The molecule has 4 rings (SSSR count). The van der Waals surface area contributed by atoms with E-state index in [4.69, 9.17) is 0 Å². The molecule has 0 aromatic carbocycles. The maximum atomic E-state index is 12.5. The first-order valence-corrected chi connectivity index (χ1v) is 7.89. The van der Waals surface area contributed by atoms with Crippen molar-refractivity contribution in [3.63, 3.8) is 0 Å². The zero-order chi connectivity index (χ0) is 13.7.